The van der Waals surface area contributed by atoms with Crippen LogP contribution < -0.4 is 5.73 Å². The van der Waals surface area contributed by atoms with E-state index in [0.717, 1.165) is 36.9 Å². The fourth-order valence-corrected chi connectivity index (χ4v) is 2.76. The van der Waals surface area contributed by atoms with Gasteiger partial charge in [0.1, 0.15) is 5.69 Å². The van der Waals surface area contributed by atoms with E-state index in [-0.39, 0.29) is 18.3 Å². The molecule has 108 valence electrons. The molecule has 2 rings (SSSR count). The number of nitrogens with zero attached hydrogens (tertiary/aromatic N) is 2. The summed E-state index contributed by atoms with van der Waals surface area (Å²) in [6.45, 7) is 4.42. The van der Waals surface area contributed by atoms with Crippen LogP contribution in [-0.2, 0) is 6.42 Å². The van der Waals surface area contributed by atoms with Gasteiger partial charge in [0.2, 0.25) is 0 Å². The van der Waals surface area contributed by atoms with Gasteiger partial charge in [0.15, 0.2) is 0 Å². The lowest BCUT2D eigenvalue weighted by molar-refractivity contribution is 0.0742. The number of hydrogen-bond donors (Lipinski definition) is 1. The number of carbonyl (C=O) groups excluding carboxylic acids is 1. The number of rotatable bonds is 7. The van der Waals surface area contributed by atoms with Crippen LogP contribution in [0, 0.1) is 5.92 Å². The van der Waals surface area contributed by atoms with Crippen LogP contribution >= 0.6 is 23.7 Å². The van der Waals surface area contributed by atoms with E-state index in [1.54, 1.807) is 0 Å². The lowest BCUT2D eigenvalue weighted by atomic mass is 10.3. The van der Waals surface area contributed by atoms with Gasteiger partial charge in [0.25, 0.3) is 5.91 Å². The first kappa shape index (κ1) is 16.4. The second kappa shape index (κ2) is 7.82. The summed E-state index contributed by atoms with van der Waals surface area (Å²) in [5.41, 5.74) is 6.09. The molecule has 0 saturated heterocycles. The maximum absolute atomic E-state index is 12.4. The minimum Gasteiger partial charge on any atom is -0.337 e. The van der Waals surface area contributed by atoms with Crippen molar-refractivity contribution >= 4 is 29.7 Å². The summed E-state index contributed by atoms with van der Waals surface area (Å²) >= 11 is 1.53. The molecule has 0 atom stereocenters. The van der Waals surface area contributed by atoms with Gasteiger partial charge in [-0.2, -0.15) is 0 Å². The fourth-order valence-electron chi connectivity index (χ4n) is 1.97. The molecule has 0 radical (unpaired) electrons. The number of hydrogen-bond acceptors (Lipinski definition) is 4. The summed E-state index contributed by atoms with van der Waals surface area (Å²) in [5.74, 6) is 0.811. The molecule has 0 spiro atoms. The Hall–Kier alpha value is -0.650. The molecular formula is C13H22ClN3OS. The van der Waals surface area contributed by atoms with E-state index in [1.165, 1.54) is 24.2 Å². The Morgan fingerprint density at radius 1 is 1.58 bits per heavy atom. The van der Waals surface area contributed by atoms with Crippen molar-refractivity contribution in [3.8, 4) is 0 Å². The van der Waals surface area contributed by atoms with Gasteiger partial charge in [-0.05, 0) is 31.7 Å². The SMILES string of the molecule is CCCN(CC1CC1)C(=O)c1csc(CCN)n1.Cl. The van der Waals surface area contributed by atoms with Crippen LogP contribution in [0.1, 0.15) is 41.7 Å². The third kappa shape index (κ3) is 4.75. The van der Waals surface area contributed by atoms with Gasteiger partial charge in [-0.3, -0.25) is 4.79 Å². The summed E-state index contributed by atoms with van der Waals surface area (Å²) in [6, 6.07) is 0. The zero-order valence-electron chi connectivity index (χ0n) is 11.3. The van der Waals surface area contributed by atoms with Crippen LogP contribution in [0.25, 0.3) is 0 Å². The van der Waals surface area contributed by atoms with E-state index in [9.17, 15) is 4.79 Å². The molecule has 1 saturated carbocycles. The maximum Gasteiger partial charge on any atom is 0.273 e. The van der Waals surface area contributed by atoms with E-state index >= 15 is 0 Å². The monoisotopic (exact) mass is 303 g/mol. The molecule has 0 aromatic carbocycles. The van der Waals surface area contributed by atoms with Crippen molar-refractivity contribution in [2.75, 3.05) is 19.6 Å². The normalized spacial score (nSPS) is 14.0. The van der Waals surface area contributed by atoms with Gasteiger partial charge in [0.05, 0.1) is 5.01 Å². The fraction of sp³-hybridized carbons (Fsp3) is 0.692. The predicted octanol–water partition coefficient (Wildman–Crippen LogP) is 2.33. The maximum atomic E-state index is 12.4. The minimum absolute atomic E-state index is 0. The molecule has 1 amide bonds. The number of thiazole rings is 1. The molecule has 1 fully saturated rings. The lowest BCUT2D eigenvalue weighted by Crippen LogP contribution is -2.33. The van der Waals surface area contributed by atoms with Crippen molar-refractivity contribution in [2.24, 2.45) is 11.7 Å². The Morgan fingerprint density at radius 2 is 2.32 bits per heavy atom. The van der Waals surface area contributed by atoms with Gasteiger partial charge >= 0.3 is 0 Å². The third-order valence-electron chi connectivity index (χ3n) is 3.09. The molecule has 0 aliphatic heterocycles. The Morgan fingerprint density at radius 3 is 2.89 bits per heavy atom. The van der Waals surface area contributed by atoms with E-state index in [1.807, 2.05) is 10.3 Å². The molecule has 6 heteroatoms. The number of amides is 1. The van der Waals surface area contributed by atoms with E-state index in [4.69, 9.17) is 5.73 Å². The van der Waals surface area contributed by atoms with E-state index in [2.05, 4.69) is 11.9 Å². The first-order chi connectivity index (χ1) is 8.74. The van der Waals surface area contributed by atoms with Gasteiger partial charge in [-0.1, -0.05) is 6.92 Å². The number of carbonyl (C=O) groups is 1. The molecule has 0 bridgehead atoms. The van der Waals surface area contributed by atoms with Crippen LogP contribution in [0.15, 0.2) is 5.38 Å². The zero-order valence-corrected chi connectivity index (χ0v) is 12.9. The lowest BCUT2D eigenvalue weighted by Gasteiger charge is -2.20. The number of aromatic nitrogens is 1. The van der Waals surface area contributed by atoms with Gasteiger partial charge < -0.3 is 10.6 Å². The van der Waals surface area contributed by atoms with Crippen LogP contribution in [0.5, 0.6) is 0 Å². The molecular weight excluding hydrogens is 282 g/mol. The molecule has 1 aliphatic rings. The zero-order chi connectivity index (χ0) is 13.0. The molecule has 4 nitrogen and oxygen atoms in total. The number of halogens is 1. The summed E-state index contributed by atoms with van der Waals surface area (Å²) < 4.78 is 0. The molecule has 2 N–H and O–H groups in total. The van der Waals surface area contributed by atoms with Crippen molar-refractivity contribution in [2.45, 2.75) is 32.6 Å². The average molecular weight is 304 g/mol. The minimum atomic E-state index is 0. The summed E-state index contributed by atoms with van der Waals surface area (Å²) in [6.07, 6.45) is 4.29. The number of nitrogens with two attached hydrogens (primary N) is 1. The second-order valence-corrected chi connectivity index (χ2v) is 5.80. The largest absolute Gasteiger partial charge is 0.337 e. The standard InChI is InChI=1S/C13H21N3OS.ClH/c1-2-7-16(8-10-3-4-10)13(17)11-9-18-12(15-11)5-6-14;/h9-10H,2-8,14H2,1H3;1H. The van der Waals surface area contributed by atoms with Gasteiger partial charge in [-0.15, -0.1) is 23.7 Å². The molecule has 0 unspecified atom stereocenters. The smallest absolute Gasteiger partial charge is 0.273 e. The molecule has 1 heterocycles. The van der Waals surface area contributed by atoms with Crippen molar-refractivity contribution < 1.29 is 4.79 Å². The average Bonchev–Trinajstić information content (AvgIpc) is 3.05. The summed E-state index contributed by atoms with van der Waals surface area (Å²) in [7, 11) is 0. The highest BCUT2D eigenvalue weighted by Gasteiger charge is 2.27. The molecule has 19 heavy (non-hydrogen) atoms. The Balaban J connectivity index is 0.00000180. The molecule has 1 aromatic heterocycles. The van der Waals surface area contributed by atoms with Crippen molar-refractivity contribution in [3.63, 3.8) is 0 Å². The first-order valence-corrected chi connectivity index (χ1v) is 7.56. The topological polar surface area (TPSA) is 59.2 Å². The summed E-state index contributed by atoms with van der Waals surface area (Å²) in [5, 5.41) is 2.83. The third-order valence-corrected chi connectivity index (χ3v) is 3.99. The quantitative estimate of drug-likeness (QED) is 0.841. The van der Waals surface area contributed by atoms with Crippen molar-refractivity contribution in [1.82, 2.24) is 9.88 Å². The molecule has 1 aliphatic carbocycles. The highest BCUT2D eigenvalue weighted by molar-refractivity contribution is 7.09. The highest BCUT2D eigenvalue weighted by atomic mass is 35.5. The van der Waals surface area contributed by atoms with E-state index < -0.39 is 0 Å². The first-order valence-electron chi connectivity index (χ1n) is 6.68. The highest BCUT2D eigenvalue weighted by Crippen LogP contribution is 2.30. The van der Waals surface area contributed by atoms with Crippen LogP contribution in [0.2, 0.25) is 0 Å². The second-order valence-electron chi connectivity index (χ2n) is 4.86. The van der Waals surface area contributed by atoms with E-state index in [0.29, 0.717) is 12.2 Å². The van der Waals surface area contributed by atoms with Crippen molar-refractivity contribution in [1.29, 1.82) is 0 Å². The Kier molecular flexibility index (Phi) is 6.75. The summed E-state index contributed by atoms with van der Waals surface area (Å²) in [4.78, 5) is 18.7. The van der Waals surface area contributed by atoms with Gasteiger partial charge in [-0.25, -0.2) is 4.98 Å². The predicted molar refractivity (Wildman–Crippen MR) is 81.0 cm³/mol. The van der Waals surface area contributed by atoms with Crippen LogP contribution in [-0.4, -0.2) is 35.4 Å². The van der Waals surface area contributed by atoms with Crippen LogP contribution in [0.3, 0.4) is 0 Å². The Bertz CT molecular complexity index is 406. The van der Waals surface area contributed by atoms with Crippen molar-refractivity contribution in [3.05, 3.63) is 16.1 Å². The van der Waals surface area contributed by atoms with Crippen LogP contribution in [0.4, 0.5) is 0 Å². The van der Waals surface area contributed by atoms with Gasteiger partial charge in [0, 0.05) is 24.9 Å². The molecule has 1 aromatic rings. The Labute approximate surface area is 124 Å².